The molecule has 0 radical (unpaired) electrons. The lowest BCUT2D eigenvalue weighted by Crippen LogP contribution is -2.08. The molecule has 0 amide bonds. The molecule has 1 aromatic carbocycles. The fourth-order valence-electron chi connectivity index (χ4n) is 2.11. The lowest BCUT2D eigenvalue weighted by molar-refractivity contribution is 0.416. The van der Waals surface area contributed by atoms with Crippen molar-refractivity contribution >= 4 is 17.2 Å². The predicted octanol–water partition coefficient (Wildman–Crippen LogP) is 3.42. The first-order valence-electron chi connectivity index (χ1n) is 6.70. The topological polar surface area (TPSA) is 65.1 Å². The van der Waals surface area contributed by atoms with E-state index in [1.807, 2.05) is 36.7 Å². The third-order valence-electron chi connectivity index (χ3n) is 3.23. The average molecular weight is 274 g/mol. The van der Waals surface area contributed by atoms with E-state index >= 15 is 0 Å². The first-order valence-corrected chi connectivity index (χ1v) is 6.70. The second-order valence-electron chi connectivity index (χ2n) is 5.21. The van der Waals surface area contributed by atoms with Gasteiger partial charge in [-0.2, -0.15) is 5.10 Å². The number of aromatic nitrogens is 2. The number of hydrogen-bond acceptors (Lipinski definition) is 4. The van der Waals surface area contributed by atoms with E-state index in [2.05, 4.69) is 24.3 Å². The Morgan fingerprint density at radius 2 is 2.00 bits per heavy atom. The average Bonchev–Trinajstić information content (AvgIpc) is 2.67. The summed E-state index contributed by atoms with van der Waals surface area (Å²) in [5, 5.41) is 7.83. The standard InChI is InChI=1S/C15H22N4O/c1-9(2)19-15(14(16)11(4)18-19)17-12-8-10(3)6-7-13(12)20-5/h6-9,17H,16H2,1-5H3. The number of nitrogens with zero attached hydrogens (tertiary/aromatic N) is 2. The molecule has 0 bridgehead atoms. The molecule has 1 heterocycles. The van der Waals surface area contributed by atoms with Crippen molar-refractivity contribution in [1.29, 1.82) is 0 Å². The Labute approximate surface area is 119 Å². The van der Waals surface area contributed by atoms with Crippen molar-refractivity contribution in [2.45, 2.75) is 33.7 Å². The minimum absolute atomic E-state index is 0.226. The molecule has 0 spiro atoms. The van der Waals surface area contributed by atoms with E-state index in [1.165, 1.54) is 0 Å². The van der Waals surface area contributed by atoms with Gasteiger partial charge < -0.3 is 15.8 Å². The van der Waals surface area contributed by atoms with Crippen LogP contribution in [0.15, 0.2) is 18.2 Å². The van der Waals surface area contributed by atoms with Gasteiger partial charge in [0.2, 0.25) is 0 Å². The van der Waals surface area contributed by atoms with Gasteiger partial charge in [-0.25, -0.2) is 4.68 Å². The Morgan fingerprint density at radius 3 is 2.60 bits per heavy atom. The van der Waals surface area contributed by atoms with Gasteiger partial charge in [0.1, 0.15) is 5.75 Å². The van der Waals surface area contributed by atoms with Gasteiger partial charge >= 0.3 is 0 Å². The summed E-state index contributed by atoms with van der Waals surface area (Å²) in [6.45, 7) is 8.10. The number of methoxy groups -OCH3 is 1. The zero-order chi connectivity index (χ0) is 14.9. The van der Waals surface area contributed by atoms with E-state index in [9.17, 15) is 0 Å². The fourth-order valence-corrected chi connectivity index (χ4v) is 2.11. The van der Waals surface area contributed by atoms with Crippen LogP contribution in [0.2, 0.25) is 0 Å². The van der Waals surface area contributed by atoms with Crippen molar-refractivity contribution in [3.05, 3.63) is 29.5 Å². The van der Waals surface area contributed by atoms with E-state index in [0.29, 0.717) is 5.69 Å². The number of hydrogen-bond donors (Lipinski definition) is 2. The van der Waals surface area contributed by atoms with Crippen LogP contribution in [0, 0.1) is 13.8 Å². The Balaban J connectivity index is 2.47. The van der Waals surface area contributed by atoms with E-state index in [4.69, 9.17) is 10.5 Å². The van der Waals surface area contributed by atoms with Gasteiger partial charge in [0.15, 0.2) is 5.82 Å². The van der Waals surface area contributed by atoms with Gasteiger partial charge in [0.05, 0.1) is 24.2 Å². The second-order valence-corrected chi connectivity index (χ2v) is 5.21. The molecule has 5 nitrogen and oxygen atoms in total. The van der Waals surface area contributed by atoms with Crippen LogP contribution in [-0.2, 0) is 0 Å². The number of nitrogens with two attached hydrogens (primary N) is 1. The minimum atomic E-state index is 0.226. The van der Waals surface area contributed by atoms with Crippen LogP contribution in [0.3, 0.4) is 0 Å². The molecule has 2 rings (SSSR count). The van der Waals surface area contributed by atoms with Crippen LogP contribution in [0.1, 0.15) is 31.1 Å². The summed E-state index contributed by atoms with van der Waals surface area (Å²) in [5.74, 6) is 1.59. The summed E-state index contributed by atoms with van der Waals surface area (Å²) in [5.41, 5.74) is 9.67. The molecule has 0 fully saturated rings. The van der Waals surface area contributed by atoms with Gasteiger partial charge in [0, 0.05) is 6.04 Å². The van der Waals surface area contributed by atoms with E-state index < -0.39 is 0 Å². The van der Waals surface area contributed by atoms with Crippen LogP contribution in [0.5, 0.6) is 5.75 Å². The number of nitrogen functional groups attached to an aromatic ring is 1. The van der Waals surface area contributed by atoms with Gasteiger partial charge in [-0.1, -0.05) is 6.07 Å². The van der Waals surface area contributed by atoms with Crippen molar-refractivity contribution < 1.29 is 4.74 Å². The highest BCUT2D eigenvalue weighted by atomic mass is 16.5. The number of nitrogens with one attached hydrogen (secondary N) is 1. The van der Waals surface area contributed by atoms with Gasteiger partial charge in [-0.15, -0.1) is 0 Å². The fraction of sp³-hybridized carbons (Fsp3) is 0.400. The number of benzene rings is 1. The summed E-state index contributed by atoms with van der Waals surface area (Å²) in [6, 6.07) is 6.21. The molecule has 0 aliphatic heterocycles. The maximum Gasteiger partial charge on any atom is 0.152 e. The zero-order valence-electron chi connectivity index (χ0n) is 12.7. The highest BCUT2D eigenvalue weighted by Crippen LogP contribution is 2.33. The van der Waals surface area contributed by atoms with Crippen LogP contribution in [0.25, 0.3) is 0 Å². The molecule has 0 unspecified atom stereocenters. The van der Waals surface area contributed by atoms with E-state index in [-0.39, 0.29) is 6.04 Å². The van der Waals surface area contributed by atoms with Crippen LogP contribution in [-0.4, -0.2) is 16.9 Å². The quantitative estimate of drug-likeness (QED) is 0.896. The third kappa shape index (κ3) is 2.57. The first-order chi connectivity index (χ1) is 9.43. The Kier molecular flexibility index (Phi) is 3.88. The summed E-state index contributed by atoms with van der Waals surface area (Å²) in [6.07, 6.45) is 0. The Morgan fingerprint density at radius 1 is 1.30 bits per heavy atom. The molecule has 0 saturated carbocycles. The molecule has 1 aromatic heterocycles. The SMILES string of the molecule is COc1ccc(C)cc1Nc1c(N)c(C)nn1C(C)C. The lowest BCUT2D eigenvalue weighted by atomic mass is 10.2. The number of ether oxygens (including phenoxy) is 1. The first kappa shape index (κ1) is 14.2. The summed E-state index contributed by atoms with van der Waals surface area (Å²) < 4.78 is 7.28. The number of anilines is 3. The summed E-state index contributed by atoms with van der Waals surface area (Å²) in [7, 11) is 1.66. The number of aryl methyl sites for hydroxylation is 2. The van der Waals surface area contributed by atoms with Crippen molar-refractivity contribution in [2.24, 2.45) is 0 Å². The normalized spacial score (nSPS) is 10.9. The minimum Gasteiger partial charge on any atom is -0.495 e. The van der Waals surface area contributed by atoms with E-state index in [1.54, 1.807) is 7.11 Å². The van der Waals surface area contributed by atoms with Gasteiger partial charge in [-0.3, -0.25) is 0 Å². The molecule has 20 heavy (non-hydrogen) atoms. The summed E-state index contributed by atoms with van der Waals surface area (Å²) >= 11 is 0. The van der Waals surface area contributed by atoms with Crippen molar-refractivity contribution in [3.8, 4) is 5.75 Å². The van der Waals surface area contributed by atoms with Crippen LogP contribution in [0.4, 0.5) is 17.2 Å². The van der Waals surface area contributed by atoms with Crippen molar-refractivity contribution in [2.75, 3.05) is 18.2 Å². The Hall–Kier alpha value is -2.17. The molecule has 0 aliphatic rings. The second kappa shape index (κ2) is 5.45. The molecule has 0 aliphatic carbocycles. The van der Waals surface area contributed by atoms with Crippen molar-refractivity contribution in [1.82, 2.24) is 9.78 Å². The molecule has 108 valence electrons. The largest absolute Gasteiger partial charge is 0.495 e. The molecule has 0 saturated heterocycles. The molecule has 0 atom stereocenters. The maximum absolute atomic E-state index is 6.13. The molecular weight excluding hydrogens is 252 g/mol. The smallest absolute Gasteiger partial charge is 0.152 e. The van der Waals surface area contributed by atoms with E-state index in [0.717, 1.165) is 28.5 Å². The molecule has 2 aromatic rings. The number of rotatable bonds is 4. The highest BCUT2D eigenvalue weighted by Gasteiger charge is 2.16. The lowest BCUT2D eigenvalue weighted by Gasteiger charge is -2.16. The monoisotopic (exact) mass is 274 g/mol. The van der Waals surface area contributed by atoms with Crippen molar-refractivity contribution in [3.63, 3.8) is 0 Å². The third-order valence-corrected chi connectivity index (χ3v) is 3.23. The zero-order valence-corrected chi connectivity index (χ0v) is 12.7. The Bertz CT molecular complexity index is 617. The molecule has 3 N–H and O–H groups in total. The molecule has 5 heteroatoms. The van der Waals surface area contributed by atoms with Gasteiger partial charge in [-0.05, 0) is 45.4 Å². The van der Waals surface area contributed by atoms with Crippen LogP contribution >= 0.6 is 0 Å². The highest BCUT2D eigenvalue weighted by molar-refractivity contribution is 5.74. The van der Waals surface area contributed by atoms with Crippen LogP contribution < -0.4 is 15.8 Å². The molecular formula is C15H22N4O. The summed E-state index contributed by atoms with van der Waals surface area (Å²) in [4.78, 5) is 0. The van der Waals surface area contributed by atoms with Gasteiger partial charge in [0.25, 0.3) is 0 Å². The maximum atomic E-state index is 6.13. The predicted molar refractivity (Wildman–Crippen MR) is 82.8 cm³/mol.